The van der Waals surface area contributed by atoms with Crippen LogP contribution in [0.25, 0.3) is 10.9 Å². The summed E-state index contributed by atoms with van der Waals surface area (Å²) in [6.45, 7) is 0. The molecule has 0 unspecified atom stereocenters. The molecule has 4 nitrogen and oxygen atoms in total. The zero-order chi connectivity index (χ0) is 12.4. The van der Waals surface area contributed by atoms with Gasteiger partial charge >= 0.3 is 0 Å². The Morgan fingerprint density at radius 1 is 1.53 bits per heavy atom. The lowest BCUT2D eigenvalue weighted by molar-refractivity contribution is 0.0994. The number of benzene rings is 1. The van der Waals surface area contributed by atoms with E-state index in [9.17, 15) is 4.79 Å². The molecule has 1 N–H and O–H groups in total. The summed E-state index contributed by atoms with van der Waals surface area (Å²) < 4.78 is 5.08. The molecule has 0 spiro atoms. The van der Waals surface area contributed by atoms with E-state index >= 15 is 0 Å². The number of carbonyl (C=O) groups excluding carboxylic acids is 1. The minimum atomic E-state index is -0.237. The molecule has 0 radical (unpaired) electrons. The van der Waals surface area contributed by atoms with Crippen LogP contribution in [0.3, 0.4) is 0 Å². The molecule has 1 heterocycles. The Hall–Kier alpha value is -1.99. The first-order valence-corrected chi connectivity index (χ1v) is 5.30. The van der Waals surface area contributed by atoms with Crippen molar-refractivity contribution in [2.45, 2.75) is 6.42 Å². The number of hydrogen-bond donors (Lipinski definition) is 1. The largest absolute Gasteiger partial charge is 0.495 e. The topological polar surface area (TPSA) is 65.9 Å². The number of Topliss-reactive ketones (excluding diaryl/α,β-unsaturated/α-hetero) is 1. The zero-order valence-electron chi connectivity index (χ0n) is 9.08. The maximum absolute atomic E-state index is 11.5. The predicted molar refractivity (Wildman–Crippen MR) is 64.4 cm³/mol. The van der Waals surface area contributed by atoms with Crippen LogP contribution in [0.15, 0.2) is 18.2 Å². The highest BCUT2D eigenvalue weighted by molar-refractivity contribution is 6.32. The van der Waals surface area contributed by atoms with Crippen LogP contribution in [0, 0.1) is 11.3 Å². The second-order valence-electron chi connectivity index (χ2n) is 3.52. The lowest BCUT2D eigenvalue weighted by atomic mass is 10.2. The first-order valence-electron chi connectivity index (χ1n) is 4.92. The average molecular weight is 249 g/mol. The number of nitrogens with one attached hydrogen (secondary N) is 1. The molecular weight excluding hydrogens is 240 g/mol. The number of nitrogens with zero attached hydrogens (tertiary/aromatic N) is 1. The van der Waals surface area contributed by atoms with Crippen molar-refractivity contribution in [2.24, 2.45) is 0 Å². The summed E-state index contributed by atoms with van der Waals surface area (Å²) in [5.41, 5.74) is 1.17. The fraction of sp³-hybridized carbons (Fsp3) is 0.167. The van der Waals surface area contributed by atoms with E-state index in [1.807, 2.05) is 6.07 Å². The Labute approximate surface area is 103 Å². The smallest absolute Gasteiger partial charge is 0.193 e. The van der Waals surface area contributed by atoms with Gasteiger partial charge in [0.05, 0.1) is 23.9 Å². The Morgan fingerprint density at radius 3 is 2.94 bits per heavy atom. The SMILES string of the molecule is COc1cc2[nH]c(C(=O)CC#N)cc2cc1Cl. The van der Waals surface area contributed by atoms with E-state index in [0.29, 0.717) is 16.5 Å². The Morgan fingerprint density at radius 2 is 2.29 bits per heavy atom. The Kier molecular flexibility index (Phi) is 3.03. The van der Waals surface area contributed by atoms with Crippen molar-refractivity contribution in [1.29, 1.82) is 5.26 Å². The number of aromatic amines is 1. The molecule has 0 amide bonds. The molecule has 86 valence electrons. The highest BCUT2D eigenvalue weighted by atomic mass is 35.5. The monoisotopic (exact) mass is 248 g/mol. The van der Waals surface area contributed by atoms with Crippen molar-refractivity contribution in [1.82, 2.24) is 4.98 Å². The van der Waals surface area contributed by atoms with Gasteiger partial charge in [-0.1, -0.05) is 11.6 Å². The summed E-state index contributed by atoms with van der Waals surface area (Å²) >= 11 is 5.98. The van der Waals surface area contributed by atoms with Crippen LogP contribution in [0.4, 0.5) is 0 Å². The number of rotatable bonds is 3. The molecule has 17 heavy (non-hydrogen) atoms. The second-order valence-corrected chi connectivity index (χ2v) is 3.92. The summed E-state index contributed by atoms with van der Waals surface area (Å²) in [5, 5.41) is 9.77. The highest BCUT2D eigenvalue weighted by Gasteiger charge is 2.11. The van der Waals surface area contributed by atoms with Crippen molar-refractivity contribution < 1.29 is 9.53 Å². The van der Waals surface area contributed by atoms with Gasteiger partial charge in [0.25, 0.3) is 0 Å². The van der Waals surface area contributed by atoms with Crippen LogP contribution in [-0.2, 0) is 0 Å². The number of carbonyl (C=O) groups is 1. The lowest BCUT2D eigenvalue weighted by Crippen LogP contribution is -1.96. The van der Waals surface area contributed by atoms with Crippen LogP contribution in [0.1, 0.15) is 16.9 Å². The number of H-pyrrole nitrogens is 1. The summed E-state index contributed by atoms with van der Waals surface area (Å²) in [5.74, 6) is 0.305. The van der Waals surface area contributed by atoms with Gasteiger partial charge in [0, 0.05) is 17.0 Å². The van der Waals surface area contributed by atoms with Crippen molar-refractivity contribution in [2.75, 3.05) is 7.11 Å². The fourth-order valence-electron chi connectivity index (χ4n) is 1.61. The quantitative estimate of drug-likeness (QED) is 0.850. The molecule has 5 heteroatoms. The summed E-state index contributed by atoms with van der Waals surface area (Å²) in [7, 11) is 1.53. The first kappa shape index (κ1) is 11.5. The molecule has 0 atom stereocenters. The average Bonchev–Trinajstić information content (AvgIpc) is 2.71. The maximum Gasteiger partial charge on any atom is 0.193 e. The number of hydrogen-bond acceptors (Lipinski definition) is 3. The van der Waals surface area contributed by atoms with E-state index in [1.54, 1.807) is 18.2 Å². The normalized spacial score (nSPS) is 10.2. The van der Waals surface area contributed by atoms with E-state index in [4.69, 9.17) is 21.6 Å². The number of methoxy groups -OCH3 is 1. The molecule has 0 aliphatic carbocycles. The lowest BCUT2D eigenvalue weighted by Gasteiger charge is -2.01. The van der Waals surface area contributed by atoms with Gasteiger partial charge in [0.2, 0.25) is 0 Å². The maximum atomic E-state index is 11.5. The number of halogens is 1. The summed E-state index contributed by atoms with van der Waals surface area (Å²) in [6, 6.07) is 6.95. The minimum Gasteiger partial charge on any atom is -0.495 e. The van der Waals surface area contributed by atoms with Gasteiger partial charge in [-0.25, -0.2) is 0 Å². The number of ketones is 1. The van der Waals surface area contributed by atoms with E-state index in [0.717, 1.165) is 10.9 Å². The Balaban J connectivity index is 2.51. The van der Waals surface area contributed by atoms with Gasteiger partial charge in [-0.05, 0) is 12.1 Å². The number of fused-ring (bicyclic) bond motifs is 1. The molecule has 1 aromatic carbocycles. The van der Waals surface area contributed by atoms with Gasteiger partial charge in [-0.15, -0.1) is 0 Å². The molecule has 0 aliphatic heterocycles. The van der Waals surface area contributed by atoms with Crippen molar-refractivity contribution in [3.05, 3.63) is 28.9 Å². The van der Waals surface area contributed by atoms with E-state index in [1.165, 1.54) is 7.11 Å². The third-order valence-electron chi connectivity index (χ3n) is 2.43. The molecule has 0 bridgehead atoms. The molecular formula is C12H9ClN2O2. The summed E-state index contributed by atoms with van der Waals surface area (Å²) in [4.78, 5) is 14.5. The minimum absolute atomic E-state index is 0.141. The van der Waals surface area contributed by atoms with Crippen molar-refractivity contribution in [3.8, 4) is 11.8 Å². The third kappa shape index (κ3) is 2.10. The second kappa shape index (κ2) is 4.48. The molecule has 2 aromatic rings. The predicted octanol–water partition coefficient (Wildman–Crippen LogP) is 2.93. The van der Waals surface area contributed by atoms with Crippen LogP contribution < -0.4 is 4.74 Å². The molecule has 0 aliphatic rings. The fourth-order valence-corrected chi connectivity index (χ4v) is 1.86. The van der Waals surface area contributed by atoms with Gasteiger partial charge in [0.1, 0.15) is 12.2 Å². The molecule has 2 rings (SSSR count). The molecule has 0 saturated heterocycles. The van der Waals surface area contributed by atoms with Crippen molar-refractivity contribution >= 4 is 28.3 Å². The van der Waals surface area contributed by atoms with Gasteiger partial charge in [-0.2, -0.15) is 5.26 Å². The van der Waals surface area contributed by atoms with E-state index < -0.39 is 0 Å². The third-order valence-corrected chi connectivity index (χ3v) is 2.73. The van der Waals surface area contributed by atoms with Crippen LogP contribution in [0.5, 0.6) is 5.75 Å². The van der Waals surface area contributed by atoms with Crippen molar-refractivity contribution in [3.63, 3.8) is 0 Å². The molecule has 1 aromatic heterocycles. The van der Waals surface area contributed by atoms with Gasteiger partial charge in [-0.3, -0.25) is 4.79 Å². The number of aromatic nitrogens is 1. The highest BCUT2D eigenvalue weighted by Crippen LogP contribution is 2.30. The van der Waals surface area contributed by atoms with E-state index in [2.05, 4.69) is 4.98 Å². The Bertz CT molecular complexity index is 625. The van der Waals surface area contributed by atoms with Gasteiger partial charge < -0.3 is 9.72 Å². The van der Waals surface area contributed by atoms with Crippen LogP contribution in [0.2, 0.25) is 5.02 Å². The van der Waals surface area contributed by atoms with Crippen LogP contribution >= 0.6 is 11.6 Å². The first-order chi connectivity index (χ1) is 8.15. The van der Waals surface area contributed by atoms with E-state index in [-0.39, 0.29) is 12.2 Å². The number of ether oxygens (including phenoxy) is 1. The molecule has 0 saturated carbocycles. The summed E-state index contributed by atoms with van der Waals surface area (Å²) in [6.07, 6.45) is -0.141. The molecule has 0 fully saturated rings. The van der Waals surface area contributed by atoms with Gasteiger partial charge in [0.15, 0.2) is 5.78 Å². The number of nitriles is 1. The standard InChI is InChI=1S/C12H9ClN2O2/c1-17-12-6-9-7(4-8(12)13)5-10(15-9)11(16)2-3-14/h4-6,15H,2H2,1H3. The van der Waals surface area contributed by atoms with Crippen LogP contribution in [-0.4, -0.2) is 17.9 Å². The zero-order valence-corrected chi connectivity index (χ0v) is 9.84.